The van der Waals surface area contributed by atoms with Gasteiger partial charge in [-0.25, -0.2) is 9.79 Å². The second kappa shape index (κ2) is 9.51. The highest BCUT2D eigenvalue weighted by molar-refractivity contribution is 7.07. The van der Waals surface area contributed by atoms with Crippen molar-refractivity contribution in [1.82, 2.24) is 4.57 Å². The second-order valence-corrected chi connectivity index (χ2v) is 9.50. The fourth-order valence-electron chi connectivity index (χ4n) is 4.36. The molecule has 1 N–H and O–H groups in total. The summed E-state index contributed by atoms with van der Waals surface area (Å²) < 4.78 is 13.2. The predicted octanol–water partition coefficient (Wildman–Crippen LogP) is 3.79. The van der Waals surface area contributed by atoms with E-state index >= 15 is 0 Å². The molecule has 0 amide bonds. The van der Waals surface area contributed by atoms with Gasteiger partial charge in [-0.3, -0.25) is 14.2 Å². The smallest absolute Gasteiger partial charge is 0.335 e. The lowest BCUT2D eigenvalue weighted by Crippen LogP contribution is -2.39. The molecule has 8 nitrogen and oxygen atoms in total. The molecule has 3 heterocycles. The van der Waals surface area contributed by atoms with E-state index in [0.29, 0.717) is 43.4 Å². The number of ether oxygens (including phenoxy) is 1. The molecular weight excluding hydrogens is 492 g/mol. The summed E-state index contributed by atoms with van der Waals surface area (Å²) in [6, 6.07) is 16.5. The number of benzene rings is 2. The van der Waals surface area contributed by atoms with Crippen LogP contribution in [0.1, 0.15) is 41.6 Å². The van der Waals surface area contributed by atoms with E-state index in [-0.39, 0.29) is 16.9 Å². The van der Waals surface area contributed by atoms with Crippen molar-refractivity contribution in [3.05, 3.63) is 109 Å². The third-order valence-corrected chi connectivity index (χ3v) is 7.13. The molecule has 186 valence electrons. The van der Waals surface area contributed by atoms with E-state index in [1.54, 1.807) is 61.1 Å². The molecule has 0 unspecified atom stereocenters. The molecule has 5 rings (SSSR count). The Balaban J connectivity index is 1.59. The molecule has 2 aromatic carbocycles. The Hall–Kier alpha value is -4.50. The van der Waals surface area contributed by atoms with E-state index in [9.17, 15) is 14.4 Å². The molecule has 0 radical (unpaired) electrons. The summed E-state index contributed by atoms with van der Waals surface area (Å²) in [7, 11) is 1.58. The number of carbonyl (C=O) groups excluding carboxylic acids is 1. The number of rotatable bonds is 6. The number of methoxy groups -OCH3 is 1. The van der Waals surface area contributed by atoms with Gasteiger partial charge in [0.2, 0.25) is 0 Å². The number of fused-ring (bicyclic) bond motifs is 1. The maximum absolute atomic E-state index is 13.6. The molecule has 0 saturated heterocycles. The number of allylic oxidation sites excluding steroid dienone is 2. The van der Waals surface area contributed by atoms with E-state index in [2.05, 4.69) is 4.99 Å². The molecule has 0 fully saturated rings. The van der Waals surface area contributed by atoms with Gasteiger partial charge in [0.25, 0.3) is 5.56 Å². The topological polar surface area (TPSA) is 111 Å². The lowest BCUT2D eigenvalue weighted by molar-refractivity contribution is -0.114. The Labute approximate surface area is 215 Å². The van der Waals surface area contributed by atoms with Gasteiger partial charge in [-0.2, -0.15) is 0 Å². The predicted molar refractivity (Wildman–Crippen MR) is 139 cm³/mol. The first-order valence-electron chi connectivity index (χ1n) is 11.4. The lowest BCUT2D eigenvalue weighted by atomic mass is 9.93. The summed E-state index contributed by atoms with van der Waals surface area (Å²) in [4.78, 5) is 42.4. The lowest BCUT2D eigenvalue weighted by Gasteiger charge is -2.24. The Morgan fingerprint density at radius 2 is 1.78 bits per heavy atom. The van der Waals surface area contributed by atoms with Crippen LogP contribution < -0.4 is 19.6 Å². The largest absolute Gasteiger partial charge is 0.497 e. The van der Waals surface area contributed by atoms with Crippen molar-refractivity contribution in [3.8, 4) is 17.1 Å². The Bertz CT molecular complexity index is 1740. The van der Waals surface area contributed by atoms with Gasteiger partial charge in [-0.15, -0.1) is 0 Å². The summed E-state index contributed by atoms with van der Waals surface area (Å²) in [5.41, 5.74) is 2.44. The van der Waals surface area contributed by atoms with Crippen molar-refractivity contribution in [3.63, 3.8) is 0 Å². The molecule has 0 spiro atoms. The Morgan fingerprint density at radius 1 is 1.08 bits per heavy atom. The molecule has 0 aliphatic carbocycles. The molecule has 1 aliphatic rings. The number of aromatic nitrogens is 1. The SMILES string of the molecule is COc1ccc([C@@H]2C(C(C)=O)=C(C)N=c3s/c(=C/c4ccc(-c5ccc(C(=O)O)cc5)o4)c(=O)n32)cc1. The van der Waals surface area contributed by atoms with Crippen LogP contribution in [0.15, 0.2) is 86.1 Å². The standard InChI is InChI=1S/C28H22N2O6S/c1-15-24(16(2)31)25(18-8-10-20(35-3)11-9-18)30-26(32)23(37-28(30)29-15)14-21-12-13-22(36-21)17-4-6-19(7-5-17)27(33)34/h4-14,25H,1-3H3,(H,33,34)/b23-14+/t25-/m1/s1. The summed E-state index contributed by atoms with van der Waals surface area (Å²) in [6.07, 6.45) is 1.65. The third kappa shape index (κ3) is 4.45. The quantitative estimate of drug-likeness (QED) is 0.419. The molecule has 1 aliphatic heterocycles. The average molecular weight is 515 g/mol. The van der Waals surface area contributed by atoms with E-state index in [1.165, 1.54) is 30.4 Å². The first-order chi connectivity index (χ1) is 17.8. The number of aromatic carboxylic acids is 1. The molecule has 9 heteroatoms. The normalized spacial score (nSPS) is 15.3. The summed E-state index contributed by atoms with van der Waals surface area (Å²) in [6.45, 7) is 3.26. The zero-order valence-corrected chi connectivity index (χ0v) is 21.0. The first-order valence-corrected chi connectivity index (χ1v) is 12.2. The molecular formula is C28H22N2O6S. The third-order valence-electron chi connectivity index (χ3n) is 6.15. The highest BCUT2D eigenvalue weighted by atomic mass is 32.1. The number of hydrogen-bond donors (Lipinski definition) is 1. The maximum Gasteiger partial charge on any atom is 0.335 e. The van der Waals surface area contributed by atoms with Gasteiger partial charge in [-0.05, 0) is 55.8 Å². The van der Waals surface area contributed by atoms with Crippen LogP contribution in [-0.2, 0) is 4.79 Å². The van der Waals surface area contributed by atoms with Gasteiger partial charge in [0.05, 0.1) is 23.2 Å². The highest BCUT2D eigenvalue weighted by Crippen LogP contribution is 2.31. The number of thiazole rings is 1. The van der Waals surface area contributed by atoms with Crippen molar-refractivity contribution in [2.24, 2.45) is 4.99 Å². The van der Waals surface area contributed by atoms with Crippen LogP contribution in [0.2, 0.25) is 0 Å². The van der Waals surface area contributed by atoms with Crippen molar-refractivity contribution in [2.75, 3.05) is 7.11 Å². The number of carbonyl (C=O) groups is 2. The number of furan rings is 1. The maximum atomic E-state index is 13.6. The minimum Gasteiger partial charge on any atom is -0.497 e. The molecule has 0 saturated carbocycles. The zero-order chi connectivity index (χ0) is 26.3. The number of carboxylic acid groups (broad SMARTS) is 1. The first kappa shape index (κ1) is 24.2. The minimum absolute atomic E-state index is 0.152. The van der Waals surface area contributed by atoms with Crippen LogP contribution >= 0.6 is 11.3 Å². The number of Topliss-reactive ketones (excluding diaryl/α,β-unsaturated/α-hetero) is 1. The number of carboxylic acids is 1. The monoisotopic (exact) mass is 514 g/mol. The Morgan fingerprint density at radius 3 is 2.41 bits per heavy atom. The van der Waals surface area contributed by atoms with Crippen molar-refractivity contribution in [1.29, 1.82) is 0 Å². The fourth-order valence-corrected chi connectivity index (χ4v) is 5.39. The van der Waals surface area contributed by atoms with E-state index in [4.69, 9.17) is 14.3 Å². The van der Waals surface area contributed by atoms with Crippen LogP contribution in [0.4, 0.5) is 0 Å². The fraction of sp³-hybridized carbons (Fsp3) is 0.143. The van der Waals surface area contributed by atoms with Crippen LogP contribution in [0.25, 0.3) is 17.4 Å². The van der Waals surface area contributed by atoms with Crippen molar-refractivity contribution >= 4 is 29.2 Å². The Kier molecular flexibility index (Phi) is 6.22. The van der Waals surface area contributed by atoms with Crippen molar-refractivity contribution in [2.45, 2.75) is 19.9 Å². The molecule has 1 atom stereocenters. The molecule has 4 aromatic rings. The van der Waals surface area contributed by atoms with E-state index in [1.807, 2.05) is 12.1 Å². The summed E-state index contributed by atoms with van der Waals surface area (Å²) in [5, 5.41) is 9.09. The van der Waals surface area contributed by atoms with Gasteiger partial charge >= 0.3 is 5.97 Å². The zero-order valence-electron chi connectivity index (χ0n) is 20.2. The number of hydrogen-bond acceptors (Lipinski definition) is 7. The van der Waals surface area contributed by atoms with Gasteiger partial charge in [0.1, 0.15) is 17.3 Å². The van der Waals surface area contributed by atoms with Gasteiger partial charge < -0.3 is 14.3 Å². The molecule has 2 aromatic heterocycles. The van der Waals surface area contributed by atoms with Crippen molar-refractivity contribution < 1.29 is 23.8 Å². The van der Waals surface area contributed by atoms with Gasteiger partial charge in [0.15, 0.2) is 10.6 Å². The van der Waals surface area contributed by atoms with Crippen LogP contribution in [-0.4, -0.2) is 28.5 Å². The summed E-state index contributed by atoms with van der Waals surface area (Å²) in [5.74, 6) is 0.527. The second-order valence-electron chi connectivity index (χ2n) is 8.50. The number of nitrogens with zero attached hydrogens (tertiary/aromatic N) is 2. The van der Waals surface area contributed by atoms with Crippen LogP contribution in [0, 0.1) is 0 Å². The van der Waals surface area contributed by atoms with Crippen LogP contribution in [0.5, 0.6) is 5.75 Å². The van der Waals surface area contributed by atoms with E-state index in [0.717, 1.165) is 5.56 Å². The van der Waals surface area contributed by atoms with Gasteiger partial charge in [-0.1, -0.05) is 35.6 Å². The minimum atomic E-state index is -1.00. The number of ketones is 1. The van der Waals surface area contributed by atoms with E-state index < -0.39 is 12.0 Å². The van der Waals surface area contributed by atoms with Crippen LogP contribution in [0.3, 0.4) is 0 Å². The van der Waals surface area contributed by atoms with Gasteiger partial charge in [0, 0.05) is 22.9 Å². The molecule has 37 heavy (non-hydrogen) atoms. The summed E-state index contributed by atoms with van der Waals surface area (Å²) >= 11 is 1.22. The molecule has 0 bridgehead atoms. The average Bonchev–Trinajstić information content (AvgIpc) is 3.47. The highest BCUT2D eigenvalue weighted by Gasteiger charge is 2.30.